The SMILES string of the molecule is O=Cc1cc2c(Br)cccc2o1. The molecule has 0 aliphatic rings. The van der Waals surface area contributed by atoms with Crippen LogP contribution < -0.4 is 0 Å². The highest BCUT2D eigenvalue weighted by Gasteiger charge is 2.04. The third kappa shape index (κ3) is 1.06. The molecule has 0 unspecified atom stereocenters. The Kier molecular flexibility index (Phi) is 1.73. The number of carbonyl (C=O) groups excluding carboxylic acids is 1. The van der Waals surface area contributed by atoms with Crippen molar-refractivity contribution in [1.29, 1.82) is 0 Å². The van der Waals surface area contributed by atoms with E-state index in [-0.39, 0.29) is 0 Å². The lowest BCUT2D eigenvalue weighted by atomic mass is 10.2. The molecule has 0 saturated carbocycles. The van der Waals surface area contributed by atoms with Gasteiger partial charge in [-0.05, 0) is 18.2 Å². The van der Waals surface area contributed by atoms with Gasteiger partial charge in [0.05, 0.1) is 0 Å². The van der Waals surface area contributed by atoms with E-state index in [2.05, 4.69) is 15.9 Å². The van der Waals surface area contributed by atoms with Gasteiger partial charge in [-0.1, -0.05) is 22.0 Å². The molecule has 1 aromatic heterocycles. The molecule has 1 heterocycles. The zero-order valence-electron chi connectivity index (χ0n) is 6.08. The molecule has 60 valence electrons. The van der Waals surface area contributed by atoms with Gasteiger partial charge in [0.15, 0.2) is 12.0 Å². The second-order valence-corrected chi connectivity index (χ2v) is 3.27. The van der Waals surface area contributed by atoms with Gasteiger partial charge in [0, 0.05) is 9.86 Å². The van der Waals surface area contributed by atoms with Crippen LogP contribution in [-0.2, 0) is 0 Å². The first-order chi connectivity index (χ1) is 5.81. The van der Waals surface area contributed by atoms with Crippen LogP contribution in [0.4, 0.5) is 0 Å². The van der Waals surface area contributed by atoms with Crippen LogP contribution in [0.1, 0.15) is 10.6 Å². The van der Waals surface area contributed by atoms with Gasteiger partial charge in [-0.2, -0.15) is 0 Å². The minimum Gasteiger partial charge on any atom is -0.453 e. The van der Waals surface area contributed by atoms with Gasteiger partial charge in [-0.25, -0.2) is 0 Å². The van der Waals surface area contributed by atoms with Crippen molar-refractivity contribution >= 4 is 33.2 Å². The monoisotopic (exact) mass is 224 g/mol. The van der Waals surface area contributed by atoms with Crippen LogP contribution >= 0.6 is 15.9 Å². The van der Waals surface area contributed by atoms with E-state index in [1.165, 1.54) is 0 Å². The lowest BCUT2D eigenvalue weighted by Crippen LogP contribution is -1.66. The van der Waals surface area contributed by atoms with E-state index in [1.54, 1.807) is 6.07 Å². The molecule has 0 N–H and O–H groups in total. The Morgan fingerprint density at radius 2 is 2.25 bits per heavy atom. The summed E-state index contributed by atoms with van der Waals surface area (Å²) in [7, 11) is 0. The Bertz CT molecular complexity index is 431. The lowest BCUT2D eigenvalue weighted by molar-refractivity contribution is 0.110. The van der Waals surface area contributed by atoms with Gasteiger partial charge < -0.3 is 4.42 Å². The molecule has 0 atom stereocenters. The van der Waals surface area contributed by atoms with Crippen LogP contribution in [0.2, 0.25) is 0 Å². The molecule has 1 aromatic carbocycles. The fourth-order valence-electron chi connectivity index (χ4n) is 1.10. The summed E-state index contributed by atoms with van der Waals surface area (Å²) in [5, 5.41) is 0.930. The molecule has 2 nitrogen and oxygen atoms in total. The number of fused-ring (bicyclic) bond motifs is 1. The van der Waals surface area contributed by atoms with E-state index in [4.69, 9.17) is 4.42 Å². The molecule has 3 heteroatoms. The van der Waals surface area contributed by atoms with Crippen LogP contribution in [0, 0.1) is 0 Å². The van der Waals surface area contributed by atoms with Crippen molar-refractivity contribution in [2.24, 2.45) is 0 Å². The van der Waals surface area contributed by atoms with E-state index in [1.807, 2.05) is 18.2 Å². The summed E-state index contributed by atoms with van der Waals surface area (Å²) < 4.78 is 6.14. The Morgan fingerprint density at radius 3 is 2.92 bits per heavy atom. The molecule has 0 bridgehead atoms. The Hall–Kier alpha value is -1.09. The predicted octanol–water partition coefficient (Wildman–Crippen LogP) is 3.01. The second-order valence-electron chi connectivity index (χ2n) is 2.42. The van der Waals surface area contributed by atoms with Gasteiger partial charge in [0.25, 0.3) is 0 Å². The number of hydrogen-bond donors (Lipinski definition) is 0. The van der Waals surface area contributed by atoms with Crippen LogP contribution in [0.25, 0.3) is 11.0 Å². The highest BCUT2D eigenvalue weighted by molar-refractivity contribution is 9.10. The van der Waals surface area contributed by atoms with Crippen LogP contribution in [0.5, 0.6) is 0 Å². The molecule has 0 spiro atoms. The van der Waals surface area contributed by atoms with Gasteiger partial charge >= 0.3 is 0 Å². The van der Waals surface area contributed by atoms with E-state index in [9.17, 15) is 4.79 Å². The lowest BCUT2D eigenvalue weighted by Gasteiger charge is -1.88. The van der Waals surface area contributed by atoms with Crippen molar-refractivity contribution in [2.45, 2.75) is 0 Å². The van der Waals surface area contributed by atoms with Crippen LogP contribution in [0.3, 0.4) is 0 Å². The van der Waals surface area contributed by atoms with Gasteiger partial charge in [-0.15, -0.1) is 0 Å². The maximum atomic E-state index is 10.4. The Balaban J connectivity index is 2.82. The maximum Gasteiger partial charge on any atom is 0.185 e. The van der Waals surface area contributed by atoms with Crippen molar-refractivity contribution in [2.75, 3.05) is 0 Å². The smallest absolute Gasteiger partial charge is 0.185 e. The fraction of sp³-hybridized carbons (Fsp3) is 0. The molecule has 12 heavy (non-hydrogen) atoms. The summed E-state index contributed by atoms with van der Waals surface area (Å²) in [5.41, 5.74) is 0.728. The van der Waals surface area contributed by atoms with Gasteiger partial charge in [0.2, 0.25) is 0 Å². The normalized spacial score (nSPS) is 10.4. The number of aldehydes is 1. The number of furan rings is 1. The molecular weight excluding hydrogens is 220 g/mol. The van der Waals surface area contributed by atoms with Gasteiger partial charge in [-0.3, -0.25) is 4.79 Å². The quantitative estimate of drug-likeness (QED) is 0.698. The topological polar surface area (TPSA) is 30.2 Å². The van der Waals surface area contributed by atoms with E-state index in [0.717, 1.165) is 15.4 Å². The summed E-state index contributed by atoms with van der Waals surface area (Å²) in [6.07, 6.45) is 0.701. The van der Waals surface area contributed by atoms with Crippen LogP contribution in [-0.4, -0.2) is 6.29 Å². The largest absolute Gasteiger partial charge is 0.453 e. The Morgan fingerprint density at radius 1 is 1.42 bits per heavy atom. The highest BCUT2D eigenvalue weighted by Crippen LogP contribution is 2.25. The molecule has 2 aromatic rings. The fourth-order valence-corrected chi connectivity index (χ4v) is 1.57. The molecule has 0 aliphatic heterocycles. The molecular formula is C9H5BrO2. The van der Waals surface area contributed by atoms with Crippen molar-refractivity contribution in [3.05, 3.63) is 34.5 Å². The molecule has 0 aliphatic carbocycles. The maximum absolute atomic E-state index is 10.4. The minimum absolute atomic E-state index is 0.358. The predicted molar refractivity (Wildman–Crippen MR) is 49.3 cm³/mol. The zero-order chi connectivity index (χ0) is 8.55. The summed E-state index contributed by atoms with van der Waals surface area (Å²) in [6, 6.07) is 7.32. The summed E-state index contributed by atoms with van der Waals surface area (Å²) in [5.74, 6) is 0.358. The number of carbonyl (C=O) groups is 1. The standard InChI is InChI=1S/C9H5BrO2/c10-8-2-1-3-9-7(8)4-6(5-11)12-9/h1-5H. The summed E-state index contributed by atoms with van der Waals surface area (Å²) in [6.45, 7) is 0. The van der Waals surface area contributed by atoms with Crippen molar-refractivity contribution in [3.63, 3.8) is 0 Å². The van der Waals surface area contributed by atoms with Crippen LogP contribution in [0.15, 0.2) is 33.2 Å². The molecule has 2 rings (SSSR count). The highest BCUT2D eigenvalue weighted by atomic mass is 79.9. The third-order valence-corrected chi connectivity index (χ3v) is 2.33. The van der Waals surface area contributed by atoms with E-state index >= 15 is 0 Å². The van der Waals surface area contributed by atoms with Gasteiger partial charge in [0.1, 0.15) is 5.58 Å². The first-order valence-corrected chi connectivity index (χ1v) is 4.24. The molecule has 0 amide bonds. The summed E-state index contributed by atoms with van der Waals surface area (Å²) >= 11 is 3.36. The van der Waals surface area contributed by atoms with Crippen molar-refractivity contribution in [1.82, 2.24) is 0 Å². The Labute approximate surface area is 77.3 Å². The zero-order valence-corrected chi connectivity index (χ0v) is 7.67. The number of rotatable bonds is 1. The average molecular weight is 225 g/mol. The van der Waals surface area contributed by atoms with E-state index < -0.39 is 0 Å². The molecule has 0 fully saturated rings. The molecule has 0 radical (unpaired) electrons. The third-order valence-electron chi connectivity index (χ3n) is 1.64. The average Bonchev–Trinajstić information content (AvgIpc) is 2.49. The van der Waals surface area contributed by atoms with E-state index in [0.29, 0.717) is 12.0 Å². The first kappa shape index (κ1) is 7.55. The first-order valence-electron chi connectivity index (χ1n) is 3.44. The van der Waals surface area contributed by atoms with Crippen molar-refractivity contribution in [3.8, 4) is 0 Å². The van der Waals surface area contributed by atoms with Crippen molar-refractivity contribution < 1.29 is 9.21 Å². The minimum atomic E-state index is 0.358. The number of halogens is 1. The second kappa shape index (κ2) is 2.75. The number of benzene rings is 1. The molecule has 0 saturated heterocycles. The summed E-state index contributed by atoms with van der Waals surface area (Å²) in [4.78, 5) is 10.4. The number of hydrogen-bond acceptors (Lipinski definition) is 2.